The van der Waals surface area contributed by atoms with Gasteiger partial charge in [-0.15, -0.1) is 0 Å². The molecule has 0 amide bonds. The summed E-state index contributed by atoms with van der Waals surface area (Å²) in [6.07, 6.45) is 2.73. The minimum Gasteiger partial charge on any atom is -0.489 e. The van der Waals surface area contributed by atoms with E-state index in [9.17, 15) is 0 Å². The van der Waals surface area contributed by atoms with E-state index in [0.717, 1.165) is 17.7 Å². The first-order chi connectivity index (χ1) is 10.0. The highest BCUT2D eigenvalue weighted by molar-refractivity contribution is 5.32. The number of aromatic nitrogens is 1. The third-order valence-electron chi connectivity index (χ3n) is 3.86. The van der Waals surface area contributed by atoms with Crippen LogP contribution in [0.4, 0.5) is 0 Å². The Morgan fingerprint density at radius 3 is 2.52 bits per heavy atom. The van der Waals surface area contributed by atoms with Crippen molar-refractivity contribution in [1.29, 1.82) is 5.26 Å². The van der Waals surface area contributed by atoms with Gasteiger partial charge in [0.25, 0.3) is 0 Å². The summed E-state index contributed by atoms with van der Waals surface area (Å²) in [6.45, 7) is 7.11. The maximum absolute atomic E-state index is 8.82. The lowest BCUT2D eigenvalue weighted by atomic mass is 9.82. The van der Waals surface area contributed by atoms with Gasteiger partial charge in [0.1, 0.15) is 24.1 Å². The monoisotopic (exact) mass is 280 g/mol. The summed E-state index contributed by atoms with van der Waals surface area (Å²) in [7, 11) is 0. The molecule has 0 unspecified atom stereocenters. The Bertz CT molecular complexity index is 639. The fourth-order valence-electron chi connectivity index (χ4n) is 2.00. The molecule has 0 saturated carbocycles. The minimum atomic E-state index is 0.186. The number of hydrogen-bond donors (Lipinski definition) is 0. The van der Waals surface area contributed by atoms with E-state index in [1.807, 2.05) is 24.3 Å². The zero-order valence-electron chi connectivity index (χ0n) is 12.8. The summed E-state index contributed by atoms with van der Waals surface area (Å²) in [5, 5.41) is 8.82. The molecule has 0 aliphatic carbocycles. The molecule has 3 heteroatoms. The van der Waals surface area contributed by atoms with Crippen LogP contribution < -0.4 is 4.74 Å². The van der Waals surface area contributed by atoms with Gasteiger partial charge in [0, 0.05) is 6.20 Å². The first-order valence-electron chi connectivity index (χ1n) is 7.13. The van der Waals surface area contributed by atoms with Crippen LogP contribution in [0.1, 0.15) is 44.0 Å². The Balaban J connectivity index is 2.02. The van der Waals surface area contributed by atoms with E-state index in [4.69, 9.17) is 10.00 Å². The molecule has 1 heterocycles. The molecule has 0 fully saturated rings. The van der Waals surface area contributed by atoms with Crippen molar-refractivity contribution < 1.29 is 4.74 Å². The SMILES string of the molecule is CCC(C)(C)c1ccc(OCc2ccnc(C#N)c2)cc1. The zero-order valence-corrected chi connectivity index (χ0v) is 12.8. The van der Waals surface area contributed by atoms with E-state index in [0.29, 0.717) is 12.3 Å². The van der Waals surface area contributed by atoms with Crippen molar-refractivity contribution >= 4 is 0 Å². The zero-order chi connectivity index (χ0) is 15.3. The number of nitriles is 1. The first kappa shape index (κ1) is 15.1. The van der Waals surface area contributed by atoms with Gasteiger partial charge in [0.15, 0.2) is 0 Å². The van der Waals surface area contributed by atoms with Gasteiger partial charge in [-0.2, -0.15) is 5.26 Å². The largest absolute Gasteiger partial charge is 0.489 e. The Labute approximate surface area is 126 Å². The number of benzene rings is 1. The molecular weight excluding hydrogens is 260 g/mol. The molecule has 108 valence electrons. The van der Waals surface area contributed by atoms with Crippen molar-refractivity contribution in [3.05, 3.63) is 59.4 Å². The maximum Gasteiger partial charge on any atom is 0.140 e. The third-order valence-corrected chi connectivity index (χ3v) is 3.86. The van der Waals surface area contributed by atoms with E-state index in [1.165, 1.54) is 5.56 Å². The lowest BCUT2D eigenvalue weighted by Gasteiger charge is -2.23. The third kappa shape index (κ3) is 3.82. The van der Waals surface area contributed by atoms with Gasteiger partial charge in [0.05, 0.1) is 0 Å². The predicted molar refractivity (Wildman–Crippen MR) is 83.0 cm³/mol. The molecule has 2 rings (SSSR count). The number of ether oxygens (including phenoxy) is 1. The van der Waals surface area contributed by atoms with Gasteiger partial charge in [-0.3, -0.25) is 0 Å². The summed E-state index contributed by atoms with van der Waals surface area (Å²) in [4.78, 5) is 3.94. The summed E-state index contributed by atoms with van der Waals surface area (Å²) >= 11 is 0. The maximum atomic E-state index is 8.82. The van der Waals surface area contributed by atoms with E-state index in [1.54, 1.807) is 12.3 Å². The molecule has 1 aromatic carbocycles. The molecule has 0 aliphatic heterocycles. The Hall–Kier alpha value is -2.34. The average molecular weight is 280 g/mol. The Kier molecular flexibility index (Phi) is 4.59. The smallest absolute Gasteiger partial charge is 0.140 e. The number of nitrogens with zero attached hydrogens (tertiary/aromatic N) is 2. The lowest BCUT2D eigenvalue weighted by Crippen LogP contribution is -2.15. The first-order valence-corrected chi connectivity index (χ1v) is 7.13. The van der Waals surface area contributed by atoms with Crippen molar-refractivity contribution in [3.63, 3.8) is 0 Å². The molecule has 0 saturated heterocycles. The van der Waals surface area contributed by atoms with Crippen LogP contribution in [0.15, 0.2) is 42.6 Å². The summed E-state index contributed by atoms with van der Waals surface area (Å²) in [5.41, 5.74) is 2.86. The van der Waals surface area contributed by atoms with Gasteiger partial charge in [-0.1, -0.05) is 32.9 Å². The minimum absolute atomic E-state index is 0.186. The predicted octanol–water partition coefficient (Wildman–Crippen LogP) is 4.22. The summed E-state index contributed by atoms with van der Waals surface area (Å²) in [6, 6.07) is 13.9. The van der Waals surface area contributed by atoms with E-state index >= 15 is 0 Å². The number of rotatable bonds is 5. The van der Waals surface area contributed by atoms with Crippen molar-refractivity contribution in [3.8, 4) is 11.8 Å². The molecule has 0 bridgehead atoms. The lowest BCUT2D eigenvalue weighted by molar-refractivity contribution is 0.305. The van der Waals surface area contributed by atoms with Crippen LogP contribution in [0.25, 0.3) is 0 Å². The highest BCUT2D eigenvalue weighted by Crippen LogP contribution is 2.28. The van der Waals surface area contributed by atoms with Crippen LogP contribution in [0.5, 0.6) is 5.75 Å². The summed E-state index contributed by atoms with van der Waals surface area (Å²) in [5.74, 6) is 0.834. The molecule has 1 aromatic heterocycles. The van der Waals surface area contributed by atoms with Gasteiger partial charge in [-0.05, 0) is 47.2 Å². The topological polar surface area (TPSA) is 45.9 Å². The molecule has 21 heavy (non-hydrogen) atoms. The van der Waals surface area contributed by atoms with Gasteiger partial charge >= 0.3 is 0 Å². The van der Waals surface area contributed by atoms with Crippen LogP contribution in [-0.4, -0.2) is 4.98 Å². The molecular formula is C18H20N2O. The fourth-order valence-corrected chi connectivity index (χ4v) is 2.00. The van der Waals surface area contributed by atoms with Crippen molar-refractivity contribution in [2.45, 2.75) is 39.2 Å². The highest BCUT2D eigenvalue weighted by Gasteiger charge is 2.17. The van der Waals surface area contributed by atoms with E-state index in [-0.39, 0.29) is 5.41 Å². The van der Waals surface area contributed by atoms with Crippen LogP contribution in [0, 0.1) is 11.3 Å². The molecule has 0 spiro atoms. The van der Waals surface area contributed by atoms with Crippen LogP contribution >= 0.6 is 0 Å². The second-order valence-corrected chi connectivity index (χ2v) is 5.71. The number of hydrogen-bond acceptors (Lipinski definition) is 3. The standard InChI is InChI=1S/C18H20N2O/c1-4-18(2,3)15-5-7-17(8-6-15)21-13-14-9-10-20-16(11-14)12-19/h5-11H,4,13H2,1-3H3. The quantitative estimate of drug-likeness (QED) is 0.823. The molecule has 3 nitrogen and oxygen atoms in total. The molecule has 0 atom stereocenters. The van der Waals surface area contributed by atoms with Crippen molar-refractivity contribution in [2.24, 2.45) is 0 Å². The van der Waals surface area contributed by atoms with Crippen LogP contribution in [0.2, 0.25) is 0 Å². The normalized spacial score (nSPS) is 11.0. The van der Waals surface area contributed by atoms with Crippen LogP contribution in [0.3, 0.4) is 0 Å². The second-order valence-electron chi connectivity index (χ2n) is 5.71. The Morgan fingerprint density at radius 2 is 1.90 bits per heavy atom. The van der Waals surface area contributed by atoms with Crippen LogP contribution in [-0.2, 0) is 12.0 Å². The Morgan fingerprint density at radius 1 is 1.19 bits per heavy atom. The highest BCUT2D eigenvalue weighted by atomic mass is 16.5. The molecule has 0 radical (unpaired) electrons. The fraction of sp³-hybridized carbons (Fsp3) is 0.333. The van der Waals surface area contributed by atoms with Gasteiger partial charge in [-0.25, -0.2) is 4.98 Å². The number of pyridine rings is 1. The van der Waals surface area contributed by atoms with Crippen molar-refractivity contribution in [2.75, 3.05) is 0 Å². The molecule has 0 aliphatic rings. The summed E-state index contributed by atoms with van der Waals surface area (Å²) < 4.78 is 5.76. The molecule has 0 N–H and O–H groups in total. The van der Waals surface area contributed by atoms with Gasteiger partial charge in [0.2, 0.25) is 0 Å². The van der Waals surface area contributed by atoms with E-state index < -0.39 is 0 Å². The second kappa shape index (κ2) is 6.41. The molecule has 2 aromatic rings. The van der Waals surface area contributed by atoms with Gasteiger partial charge < -0.3 is 4.74 Å². The van der Waals surface area contributed by atoms with E-state index in [2.05, 4.69) is 37.9 Å². The van der Waals surface area contributed by atoms with Crippen molar-refractivity contribution in [1.82, 2.24) is 4.98 Å². The average Bonchev–Trinajstić information content (AvgIpc) is 2.53.